The van der Waals surface area contributed by atoms with E-state index in [0.29, 0.717) is 5.92 Å². The smallest absolute Gasteiger partial charge is 0.0484 e. The Kier molecular flexibility index (Phi) is 49.0. The lowest BCUT2D eigenvalue weighted by atomic mass is 9.98. The molecular weight excluding hydrogens is 1800 g/mol. The maximum atomic E-state index is 6.18. The fraction of sp³-hybridized carbons (Fsp3) is 0.293. The van der Waals surface area contributed by atoms with Crippen LogP contribution in [0.25, 0.3) is 89.0 Å². The summed E-state index contributed by atoms with van der Waals surface area (Å²) >= 11 is 6.18. The Morgan fingerprint density at radius 1 is 0.169 bits per heavy atom. The molecule has 0 saturated heterocycles. The fourth-order valence-corrected chi connectivity index (χ4v) is 18.6. The number of aryl methyl sites for hydroxylation is 5. The number of allylic oxidation sites excluding steroid dienone is 8. The summed E-state index contributed by atoms with van der Waals surface area (Å²) in [6.45, 7) is 51.3. The van der Waals surface area contributed by atoms with Gasteiger partial charge in [0.25, 0.3) is 0 Å². The number of rotatable bonds is 27. The molecule has 0 nitrogen and oxygen atoms in total. The molecule has 0 spiro atoms. The molecule has 0 amide bonds. The van der Waals surface area contributed by atoms with Crippen molar-refractivity contribution in [2.24, 2.45) is 53.3 Å². The summed E-state index contributed by atoms with van der Waals surface area (Å²) in [6.07, 6.45) is 26.0. The Morgan fingerprint density at radius 3 is 0.554 bits per heavy atom. The Hall–Kier alpha value is -13.2. The van der Waals surface area contributed by atoms with Crippen LogP contribution in [0, 0.1) is 87.9 Å². The van der Waals surface area contributed by atoms with E-state index < -0.39 is 0 Å². The number of hydrogen-bond donors (Lipinski definition) is 0. The van der Waals surface area contributed by atoms with E-state index in [0.717, 1.165) is 116 Å². The van der Waals surface area contributed by atoms with Crippen LogP contribution in [0.2, 0.25) is 5.02 Å². The molecule has 0 fully saturated rings. The van der Waals surface area contributed by atoms with E-state index in [1.54, 1.807) is 0 Å². The number of benzene rings is 16. The summed E-state index contributed by atoms with van der Waals surface area (Å²) in [5.41, 5.74) is 42.7. The molecule has 0 heterocycles. The van der Waals surface area contributed by atoms with Crippen molar-refractivity contribution in [3.63, 3.8) is 0 Å². The van der Waals surface area contributed by atoms with Gasteiger partial charge in [0.2, 0.25) is 0 Å². The molecule has 0 bridgehead atoms. The summed E-state index contributed by atoms with van der Waals surface area (Å²) in [5, 5.41) is 0.809. The molecule has 16 aromatic carbocycles. The Morgan fingerprint density at radius 2 is 0.351 bits per heavy atom. The van der Waals surface area contributed by atoms with Gasteiger partial charge < -0.3 is 0 Å². The molecule has 0 atom stereocenters. The molecule has 2 aliphatic rings. The van der Waals surface area contributed by atoms with Crippen molar-refractivity contribution in [2.45, 2.75) is 230 Å². The normalized spacial score (nSPS) is 11.6. The highest BCUT2D eigenvalue weighted by atomic mass is 35.5. The van der Waals surface area contributed by atoms with Gasteiger partial charge in [0.15, 0.2) is 0 Å². The van der Waals surface area contributed by atoms with Crippen LogP contribution in [0.3, 0.4) is 0 Å². The highest BCUT2D eigenvalue weighted by Crippen LogP contribution is 2.33. The van der Waals surface area contributed by atoms with Gasteiger partial charge in [-0.05, 0) is 309 Å². The van der Waals surface area contributed by atoms with Gasteiger partial charge in [0.1, 0.15) is 0 Å². The molecule has 0 radical (unpaired) electrons. The standard InChI is InChI=1S/5C17H20.C16H17Cl.C16H18.2C15H18/c2*1-13(2)12-15-6-10-17(11-7-15)16-8-4-14(3)5-9-16;3*1-13(2)11-15-7-9-16(10-8-15)17-6-4-5-14(3)12-17;1-12(2)11-13-7-9-14(10-8-13)15-5-3-4-6-16(15)17;1-13(2)12-14-8-10-16(11-9-14)15-6-4-3-5-7-15;2*1-12(2)11-13-7-9-15(10-8-13)14-5-3-4-6-14/h2*4-11,13H,12H2,1-3H3;3*4-10,12-13H,11H2,1-3H3;3-10,12H,11H2,1-2H3;3-11,13H,12H2,1-2H3;2*3,5-10,12H,4,11H2,1-2H3. The van der Waals surface area contributed by atoms with Crippen molar-refractivity contribution in [3.8, 4) is 77.9 Å². The van der Waals surface area contributed by atoms with Crippen molar-refractivity contribution in [2.75, 3.05) is 0 Å². The molecule has 0 unspecified atom stereocenters. The van der Waals surface area contributed by atoms with Gasteiger partial charge in [0.05, 0.1) is 0 Å². The third kappa shape index (κ3) is 42.9. The lowest BCUT2D eigenvalue weighted by Gasteiger charge is -2.07. The maximum absolute atomic E-state index is 6.18. The van der Waals surface area contributed by atoms with E-state index >= 15 is 0 Å². The molecule has 2 aliphatic carbocycles. The topological polar surface area (TPSA) is 0 Å². The summed E-state index contributed by atoms with van der Waals surface area (Å²) in [6, 6.07) is 142. The van der Waals surface area contributed by atoms with E-state index in [2.05, 4.69) is 572 Å². The van der Waals surface area contributed by atoms with E-state index in [-0.39, 0.29) is 0 Å². The molecule has 766 valence electrons. The van der Waals surface area contributed by atoms with Crippen LogP contribution < -0.4 is 0 Å². The van der Waals surface area contributed by atoms with Gasteiger partial charge in [-0.3, -0.25) is 0 Å². The molecule has 16 aromatic rings. The monoisotopic (exact) mass is 1970 g/mol. The number of halogens is 1. The Balaban J connectivity index is 0.000000170. The van der Waals surface area contributed by atoms with E-state index in [4.69, 9.17) is 11.6 Å². The SMILES string of the molecule is CC(C)Cc1ccc(-c2ccccc2)cc1.CC(C)Cc1ccc(-c2ccccc2Cl)cc1.CC(C)Cc1ccc(C2=CCC=C2)cc1.CC(C)Cc1ccc(C2=CCC=C2)cc1.Cc1ccc(-c2ccc(CC(C)C)cc2)cc1.Cc1ccc(-c2ccc(CC(C)C)cc2)cc1.Cc1cccc(-c2ccc(CC(C)C)cc2)c1.Cc1cccc(-c2ccc(CC(C)C)cc2)c1.Cc1cccc(-c2ccc(CC(C)C)cc2)c1. The highest BCUT2D eigenvalue weighted by Gasteiger charge is 2.12. The summed E-state index contributed by atoms with van der Waals surface area (Å²) in [4.78, 5) is 0. The lowest BCUT2D eigenvalue weighted by molar-refractivity contribution is 0.647. The quantitative estimate of drug-likeness (QED) is 0.0481. The molecule has 0 N–H and O–H groups in total. The van der Waals surface area contributed by atoms with E-state index in [9.17, 15) is 0 Å². The maximum Gasteiger partial charge on any atom is 0.0484 e. The molecule has 148 heavy (non-hydrogen) atoms. The van der Waals surface area contributed by atoms with Crippen molar-refractivity contribution in [3.05, 3.63) is 525 Å². The van der Waals surface area contributed by atoms with Crippen molar-refractivity contribution < 1.29 is 0 Å². The van der Waals surface area contributed by atoms with E-state index in [1.165, 1.54) is 185 Å². The zero-order chi connectivity index (χ0) is 106. The third-order valence-corrected chi connectivity index (χ3v) is 26.0. The minimum Gasteiger partial charge on any atom is -0.0837 e. The molecule has 0 saturated carbocycles. The average Bonchev–Trinajstić information content (AvgIpc) is 1.08. The molecule has 0 aromatic heterocycles. The lowest BCUT2D eigenvalue weighted by Crippen LogP contribution is -1.93. The van der Waals surface area contributed by atoms with Crippen LogP contribution >= 0.6 is 11.6 Å². The van der Waals surface area contributed by atoms with Gasteiger partial charge in [0, 0.05) is 10.6 Å². The second-order valence-corrected chi connectivity index (χ2v) is 44.8. The van der Waals surface area contributed by atoms with Crippen molar-refractivity contribution >= 4 is 22.7 Å². The minimum atomic E-state index is 0.696. The first-order valence-corrected chi connectivity index (χ1v) is 55.3. The van der Waals surface area contributed by atoms with Crippen molar-refractivity contribution in [1.82, 2.24) is 0 Å². The first kappa shape index (κ1) is 117. The van der Waals surface area contributed by atoms with E-state index in [1.807, 2.05) is 18.2 Å². The Labute approximate surface area is 901 Å². The summed E-state index contributed by atoms with van der Waals surface area (Å²) in [5.74, 6) is 6.51. The van der Waals surface area contributed by atoms with Crippen LogP contribution in [-0.4, -0.2) is 0 Å². The second kappa shape index (κ2) is 62.2. The predicted octanol–water partition coefficient (Wildman–Crippen LogP) is 42.5. The Bertz CT molecular complexity index is 6210. The van der Waals surface area contributed by atoms with Crippen LogP contribution in [0.15, 0.2) is 431 Å². The molecule has 1 heteroatoms. The van der Waals surface area contributed by atoms with Crippen LogP contribution in [0.5, 0.6) is 0 Å². The van der Waals surface area contributed by atoms with Crippen molar-refractivity contribution in [1.29, 1.82) is 0 Å². The first-order chi connectivity index (χ1) is 71.2. The third-order valence-electron chi connectivity index (χ3n) is 25.7. The predicted molar refractivity (Wildman–Crippen MR) is 655 cm³/mol. The average molecular weight is 1970 g/mol. The highest BCUT2D eigenvalue weighted by molar-refractivity contribution is 6.33. The molecular formula is C147H171Cl. The van der Waals surface area contributed by atoms with Gasteiger partial charge >= 0.3 is 0 Å². The van der Waals surface area contributed by atoms with Crippen LogP contribution in [0.4, 0.5) is 0 Å². The zero-order valence-electron chi connectivity index (χ0n) is 93.8. The summed E-state index contributed by atoms with van der Waals surface area (Å²) < 4.78 is 0. The van der Waals surface area contributed by atoms with Gasteiger partial charge in [-0.2, -0.15) is 0 Å². The largest absolute Gasteiger partial charge is 0.0837 e. The zero-order valence-corrected chi connectivity index (χ0v) is 94.6. The molecule has 18 rings (SSSR count). The fourth-order valence-electron chi connectivity index (χ4n) is 18.4. The molecule has 0 aliphatic heterocycles. The van der Waals surface area contributed by atoms with Gasteiger partial charge in [-0.25, -0.2) is 0 Å². The second-order valence-electron chi connectivity index (χ2n) is 44.4. The first-order valence-electron chi connectivity index (χ1n) is 54.9. The summed E-state index contributed by atoms with van der Waals surface area (Å²) in [7, 11) is 0. The van der Waals surface area contributed by atoms with Gasteiger partial charge in [-0.1, -0.05) is 589 Å². The number of hydrogen-bond acceptors (Lipinski definition) is 0. The van der Waals surface area contributed by atoms with Crippen LogP contribution in [-0.2, 0) is 57.8 Å². The minimum absolute atomic E-state index is 0.696. The van der Waals surface area contributed by atoms with Gasteiger partial charge in [-0.15, -0.1) is 0 Å². The van der Waals surface area contributed by atoms with Crippen LogP contribution in [0.1, 0.15) is 226 Å².